The summed E-state index contributed by atoms with van der Waals surface area (Å²) < 4.78 is 19.1. The second-order valence-corrected chi connectivity index (χ2v) is 10.2. The maximum Gasteiger partial charge on any atom is 0.224 e. The van der Waals surface area contributed by atoms with Crippen LogP contribution >= 0.6 is 0 Å². The van der Waals surface area contributed by atoms with Gasteiger partial charge in [0.1, 0.15) is 17.3 Å². The number of hydrogen-bond acceptors (Lipinski definition) is 4. The van der Waals surface area contributed by atoms with Crippen LogP contribution in [0.25, 0.3) is 0 Å². The van der Waals surface area contributed by atoms with Gasteiger partial charge in [0.25, 0.3) is 0 Å². The Labute approximate surface area is 213 Å². The minimum absolute atomic E-state index is 0.0745. The van der Waals surface area contributed by atoms with Crippen LogP contribution in [0.1, 0.15) is 64.0 Å². The van der Waals surface area contributed by atoms with Crippen LogP contribution in [-0.4, -0.2) is 30.1 Å². The molecule has 6 heteroatoms. The van der Waals surface area contributed by atoms with Crippen molar-refractivity contribution in [2.75, 3.05) is 6.61 Å². The summed E-state index contributed by atoms with van der Waals surface area (Å²) in [6.45, 7) is 6.40. The van der Waals surface area contributed by atoms with Gasteiger partial charge in [0.2, 0.25) is 5.91 Å². The van der Waals surface area contributed by atoms with Crippen molar-refractivity contribution in [1.29, 1.82) is 0 Å². The summed E-state index contributed by atoms with van der Waals surface area (Å²) in [5.41, 5.74) is 1.78. The van der Waals surface area contributed by atoms with Gasteiger partial charge in [0.15, 0.2) is 5.78 Å². The van der Waals surface area contributed by atoms with Crippen LogP contribution < -0.4 is 10.1 Å². The first-order chi connectivity index (χ1) is 17.3. The number of rotatable bonds is 8. The van der Waals surface area contributed by atoms with Gasteiger partial charge in [-0.05, 0) is 73.4 Å². The number of carbonyl (C=O) groups excluding carboxylic acids is 3. The summed E-state index contributed by atoms with van der Waals surface area (Å²) in [5, 5.41) is 3.03. The van der Waals surface area contributed by atoms with E-state index >= 15 is 0 Å². The highest BCUT2D eigenvalue weighted by atomic mass is 19.1. The van der Waals surface area contributed by atoms with Crippen LogP contribution in [0.5, 0.6) is 5.75 Å². The third-order valence-electron chi connectivity index (χ3n) is 6.88. The van der Waals surface area contributed by atoms with Crippen LogP contribution in [0.4, 0.5) is 4.39 Å². The van der Waals surface area contributed by atoms with Gasteiger partial charge in [-0.3, -0.25) is 14.4 Å². The molecular formula is C30H38FNO4. The van der Waals surface area contributed by atoms with E-state index in [1.165, 1.54) is 12.1 Å². The molecule has 36 heavy (non-hydrogen) atoms. The molecule has 2 aliphatic rings. The highest BCUT2D eigenvalue weighted by molar-refractivity contribution is 5.93. The van der Waals surface area contributed by atoms with Gasteiger partial charge in [0.05, 0.1) is 12.6 Å². The van der Waals surface area contributed by atoms with E-state index < -0.39 is 17.9 Å². The van der Waals surface area contributed by atoms with Gasteiger partial charge < -0.3 is 10.1 Å². The number of halogens is 1. The Balaban J connectivity index is 1.87. The molecule has 1 amide bonds. The molecule has 2 aromatic rings. The van der Waals surface area contributed by atoms with Crippen LogP contribution in [-0.2, 0) is 27.2 Å². The van der Waals surface area contributed by atoms with E-state index in [0.717, 1.165) is 16.9 Å². The van der Waals surface area contributed by atoms with E-state index in [-0.39, 0.29) is 35.6 Å². The minimum atomic E-state index is -0.709. The van der Waals surface area contributed by atoms with Gasteiger partial charge in [-0.25, -0.2) is 4.39 Å². The van der Waals surface area contributed by atoms with Crippen LogP contribution in [0.15, 0.2) is 48.5 Å². The molecule has 3 atom stereocenters. The second kappa shape index (κ2) is 13.3. The van der Waals surface area contributed by atoms with E-state index in [1.807, 2.05) is 45.0 Å². The Kier molecular flexibility index (Phi) is 10.2. The van der Waals surface area contributed by atoms with Crippen molar-refractivity contribution < 1.29 is 23.5 Å². The molecule has 0 fully saturated rings. The van der Waals surface area contributed by atoms with Crippen LogP contribution in [0.2, 0.25) is 0 Å². The smallest absolute Gasteiger partial charge is 0.224 e. The molecule has 2 heterocycles. The molecule has 4 rings (SSSR count). The number of carbonyl (C=O) groups is 3. The quantitative estimate of drug-likeness (QED) is 0.526. The molecule has 0 saturated carbocycles. The fourth-order valence-electron chi connectivity index (χ4n) is 4.88. The Morgan fingerprint density at radius 3 is 2.39 bits per heavy atom. The first-order valence-electron chi connectivity index (χ1n) is 13.1. The lowest BCUT2D eigenvalue weighted by Gasteiger charge is -2.29. The highest BCUT2D eigenvalue weighted by Gasteiger charge is 2.35. The fraction of sp³-hybridized carbons (Fsp3) is 0.500. The first kappa shape index (κ1) is 27.6. The number of benzene rings is 2. The van der Waals surface area contributed by atoms with Gasteiger partial charge in [0, 0.05) is 24.7 Å². The normalized spacial score (nSPS) is 20.9. The van der Waals surface area contributed by atoms with E-state index in [2.05, 4.69) is 5.32 Å². The van der Waals surface area contributed by atoms with Crippen LogP contribution in [0.3, 0.4) is 0 Å². The number of nitrogens with one attached hydrogen (secondary N) is 1. The van der Waals surface area contributed by atoms with Crippen molar-refractivity contribution in [3.63, 3.8) is 0 Å². The van der Waals surface area contributed by atoms with Crippen molar-refractivity contribution in [2.45, 2.75) is 71.8 Å². The van der Waals surface area contributed by atoms with E-state index in [4.69, 9.17) is 4.74 Å². The largest absolute Gasteiger partial charge is 0.494 e. The molecule has 0 radical (unpaired) electrons. The third kappa shape index (κ3) is 8.00. The van der Waals surface area contributed by atoms with Crippen molar-refractivity contribution in [1.82, 2.24) is 5.32 Å². The lowest BCUT2D eigenvalue weighted by molar-refractivity contribution is -0.136. The van der Waals surface area contributed by atoms with Crippen molar-refractivity contribution in [2.24, 2.45) is 17.8 Å². The fourth-order valence-corrected chi connectivity index (χ4v) is 4.88. The zero-order valence-electron chi connectivity index (χ0n) is 21.6. The summed E-state index contributed by atoms with van der Waals surface area (Å²) in [4.78, 5) is 39.9. The lowest BCUT2D eigenvalue weighted by atomic mass is 9.78. The SMILES string of the molecule is CCC(=O)[C@H]1CCCOc2ccc(cc2)C[C@@H](C(=O)CCc2ccc(F)cc2)NC(=O)[C@@H]1CC(C)C. The molecule has 0 spiro atoms. The molecule has 2 aromatic carbocycles. The summed E-state index contributed by atoms with van der Waals surface area (Å²) in [5.74, 6) is -0.479. The molecule has 0 aromatic heterocycles. The Morgan fingerprint density at radius 2 is 1.75 bits per heavy atom. The lowest BCUT2D eigenvalue weighted by Crippen LogP contribution is -2.47. The Hall–Kier alpha value is -3.02. The van der Waals surface area contributed by atoms with Gasteiger partial charge in [-0.1, -0.05) is 45.0 Å². The zero-order valence-corrected chi connectivity index (χ0v) is 21.6. The van der Waals surface area contributed by atoms with E-state index in [1.54, 1.807) is 12.1 Å². The highest BCUT2D eigenvalue weighted by Crippen LogP contribution is 2.28. The number of fused-ring (bicyclic) bond motifs is 11. The summed E-state index contributed by atoms with van der Waals surface area (Å²) in [6, 6.07) is 13.0. The zero-order chi connectivity index (χ0) is 26.1. The second-order valence-electron chi connectivity index (χ2n) is 10.2. The van der Waals surface area contributed by atoms with Gasteiger partial charge >= 0.3 is 0 Å². The number of amides is 1. The first-order valence-corrected chi connectivity index (χ1v) is 13.1. The molecule has 5 nitrogen and oxygen atoms in total. The molecule has 2 bridgehead atoms. The predicted octanol–water partition coefficient (Wildman–Crippen LogP) is 5.49. The number of ether oxygens (including phenoxy) is 1. The van der Waals surface area contributed by atoms with Crippen molar-refractivity contribution >= 4 is 17.5 Å². The van der Waals surface area contributed by atoms with Crippen molar-refractivity contribution in [3.8, 4) is 5.75 Å². The molecule has 194 valence electrons. The molecule has 2 aliphatic heterocycles. The maximum absolute atomic E-state index is 13.6. The molecule has 0 unspecified atom stereocenters. The predicted molar refractivity (Wildman–Crippen MR) is 138 cm³/mol. The average molecular weight is 496 g/mol. The molecule has 0 aliphatic carbocycles. The number of hydrogen-bond donors (Lipinski definition) is 1. The summed E-state index contributed by atoms with van der Waals surface area (Å²) >= 11 is 0. The monoisotopic (exact) mass is 495 g/mol. The summed E-state index contributed by atoms with van der Waals surface area (Å²) in [7, 11) is 0. The van der Waals surface area contributed by atoms with Gasteiger partial charge in [-0.15, -0.1) is 0 Å². The molecular weight excluding hydrogens is 457 g/mol. The van der Waals surface area contributed by atoms with E-state index in [9.17, 15) is 18.8 Å². The average Bonchev–Trinajstić information content (AvgIpc) is 2.86. The van der Waals surface area contributed by atoms with Crippen molar-refractivity contribution in [3.05, 3.63) is 65.5 Å². The van der Waals surface area contributed by atoms with Crippen LogP contribution in [0, 0.1) is 23.6 Å². The Bertz CT molecular complexity index is 1020. The number of ketones is 2. The Morgan fingerprint density at radius 1 is 1.06 bits per heavy atom. The third-order valence-corrected chi connectivity index (χ3v) is 6.88. The standard InChI is InChI=1S/C30H38FNO4/c1-4-28(33)25-6-5-17-36-24-14-9-22(10-15-24)19-27(32-30(35)26(25)18-20(2)3)29(34)16-11-21-7-12-23(31)13-8-21/h7-10,12-15,20,25-27H,4-6,11,16-19H2,1-3H3,(H,32,35)/t25-,26+,27-/m0/s1. The van der Waals surface area contributed by atoms with Gasteiger partial charge in [-0.2, -0.15) is 0 Å². The van der Waals surface area contributed by atoms with E-state index in [0.29, 0.717) is 45.1 Å². The number of aryl methyl sites for hydroxylation is 1. The topological polar surface area (TPSA) is 72.5 Å². The minimum Gasteiger partial charge on any atom is -0.494 e. The molecule has 0 saturated heterocycles. The summed E-state index contributed by atoms with van der Waals surface area (Å²) in [6.07, 6.45) is 3.23. The maximum atomic E-state index is 13.6. The number of Topliss-reactive ketones (excluding diaryl/α,β-unsaturated/α-hetero) is 2. The molecule has 1 N–H and O–H groups in total.